The summed E-state index contributed by atoms with van der Waals surface area (Å²) in [5.74, 6) is -1.83. The monoisotopic (exact) mass is 587 g/mol. The van der Waals surface area contributed by atoms with Crippen molar-refractivity contribution < 1.29 is 18.8 Å². The van der Waals surface area contributed by atoms with Crippen LogP contribution >= 0.6 is 27.7 Å². The summed E-state index contributed by atoms with van der Waals surface area (Å²) in [6.07, 6.45) is 0. The Kier molecular flexibility index (Phi) is 7.39. The van der Waals surface area contributed by atoms with E-state index in [0.29, 0.717) is 21.8 Å². The molecule has 6 nitrogen and oxygen atoms in total. The van der Waals surface area contributed by atoms with Crippen molar-refractivity contribution in [2.45, 2.75) is 4.90 Å². The molecule has 0 fully saturated rings. The topological polar surface area (TPSA) is 78.5 Å². The average Bonchev–Trinajstić information content (AvgIpc) is 3.15. The van der Waals surface area contributed by atoms with Crippen LogP contribution in [0.4, 0.5) is 21.5 Å². The molecule has 2 N–H and O–H groups in total. The molecule has 0 unspecified atom stereocenters. The van der Waals surface area contributed by atoms with E-state index in [1.54, 1.807) is 60.7 Å². The fraction of sp³-hybridized carbons (Fsp3) is 0. The minimum absolute atomic E-state index is 0.102. The van der Waals surface area contributed by atoms with Crippen LogP contribution in [0, 0.1) is 5.82 Å². The van der Waals surface area contributed by atoms with E-state index >= 15 is 0 Å². The number of rotatable bonds is 7. The van der Waals surface area contributed by atoms with E-state index in [4.69, 9.17) is 0 Å². The molecule has 38 heavy (non-hydrogen) atoms. The van der Waals surface area contributed by atoms with Crippen LogP contribution in [0.25, 0.3) is 0 Å². The summed E-state index contributed by atoms with van der Waals surface area (Å²) in [4.78, 5) is 41.4. The zero-order valence-electron chi connectivity index (χ0n) is 19.7. The van der Waals surface area contributed by atoms with Gasteiger partial charge in [-0.25, -0.2) is 9.29 Å². The van der Waals surface area contributed by atoms with Gasteiger partial charge in [-0.2, -0.15) is 0 Å². The van der Waals surface area contributed by atoms with Gasteiger partial charge >= 0.3 is 0 Å². The van der Waals surface area contributed by atoms with E-state index in [0.717, 1.165) is 21.1 Å². The number of carbonyl (C=O) groups excluding carboxylic acids is 3. The molecule has 1 aliphatic heterocycles. The molecule has 1 aliphatic rings. The lowest BCUT2D eigenvalue weighted by Gasteiger charge is -2.15. The van der Waals surface area contributed by atoms with Crippen LogP contribution in [-0.2, 0) is 9.59 Å². The average molecular weight is 588 g/mol. The van der Waals surface area contributed by atoms with Gasteiger partial charge < -0.3 is 10.6 Å². The van der Waals surface area contributed by atoms with E-state index in [9.17, 15) is 18.8 Å². The number of imide groups is 1. The van der Waals surface area contributed by atoms with Gasteiger partial charge in [0.1, 0.15) is 16.4 Å². The number of halogens is 2. The maximum atomic E-state index is 13.5. The number of carbonyl (C=O) groups is 3. The second-order valence-electron chi connectivity index (χ2n) is 8.21. The zero-order chi connectivity index (χ0) is 26.6. The maximum absolute atomic E-state index is 13.5. The fourth-order valence-corrected chi connectivity index (χ4v) is 5.02. The van der Waals surface area contributed by atoms with Crippen molar-refractivity contribution >= 4 is 62.5 Å². The molecular formula is C29H19BrFN3O3S. The van der Waals surface area contributed by atoms with Crippen molar-refractivity contribution in [3.8, 4) is 0 Å². The lowest BCUT2D eigenvalue weighted by Crippen LogP contribution is -2.32. The number of nitrogens with zero attached hydrogens (tertiary/aromatic N) is 1. The van der Waals surface area contributed by atoms with Gasteiger partial charge in [0, 0.05) is 26.3 Å². The van der Waals surface area contributed by atoms with Crippen molar-refractivity contribution in [3.63, 3.8) is 0 Å². The third-order valence-corrected chi connectivity index (χ3v) is 7.19. The van der Waals surface area contributed by atoms with Crippen LogP contribution in [0.3, 0.4) is 0 Å². The number of hydrogen-bond acceptors (Lipinski definition) is 5. The normalized spacial score (nSPS) is 13.2. The van der Waals surface area contributed by atoms with Gasteiger partial charge in [-0.15, -0.1) is 0 Å². The molecule has 0 spiro atoms. The number of thioether (sulfide) groups is 1. The Labute approximate surface area is 230 Å². The first-order valence-electron chi connectivity index (χ1n) is 11.4. The molecular weight excluding hydrogens is 569 g/mol. The Morgan fingerprint density at radius 3 is 2.21 bits per heavy atom. The quantitative estimate of drug-likeness (QED) is 0.232. The van der Waals surface area contributed by atoms with Crippen molar-refractivity contribution in [3.05, 3.63) is 130 Å². The third-order valence-electron chi connectivity index (χ3n) is 5.59. The summed E-state index contributed by atoms with van der Waals surface area (Å²) >= 11 is 4.49. The van der Waals surface area contributed by atoms with Crippen molar-refractivity contribution in [2.75, 3.05) is 15.5 Å². The molecule has 188 valence electrons. The molecule has 0 radical (unpaired) electrons. The van der Waals surface area contributed by atoms with Crippen LogP contribution in [-0.4, -0.2) is 17.7 Å². The molecule has 5 rings (SSSR count). The second kappa shape index (κ2) is 11.0. The number of benzene rings is 4. The van der Waals surface area contributed by atoms with Crippen LogP contribution in [0.15, 0.2) is 123 Å². The lowest BCUT2D eigenvalue weighted by molar-refractivity contribution is -0.120. The molecule has 1 heterocycles. The van der Waals surface area contributed by atoms with Crippen LogP contribution in [0.1, 0.15) is 10.4 Å². The Morgan fingerprint density at radius 2 is 1.50 bits per heavy atom. The zero-order valence-corrected chi connectivity index (χ0v) is 22.1. The summed E-state index contributed by atoms with van der Waals surface area (Å²) in [6, 6.07) is 28.2. The van der Waals surface area contributed by atoms with E-state index < -0.39 is 17.6 Å². The predicted molar refractivity (Wildman–Crippen MR) is 150 cm³/mol. The number of amides is 3. The van der Waals surface area contributed by atoms with Crippen molar-refractivity contribution in [1.29, 1.82) is 0 Å². The molecule has 0 aliphatic carbocycles. The molecule has 0 atom stereocenters. The maximum Gasteiger partial charge on any atom is 0.283 e. The molecule has 0 saturated heterocycles. The highest BCUT2D eigenvalue weighted by molar-refractivity contribution is 9.10. The molecule has 4 aromatic rings. The van der Waals surface area contributed by atoms with Gasteiger partial charge in [-0.05, 0) is 78.9 Å². The predicted octanol–water partition coefficient (Wildman–Crippen LogP) is 6.83. The summed E-state index contributed by atoms with van der Waals surface area (Å²) in [7, 11) is 0. The molecule has 9 heteroatoms. The van der Waals surface area contributed by atoms with Crippen LogP contribution < -0.4 is 15.5 Å². The van der Waals surface area contributed by atoms with E-state index in [2.05, 4.69) is 26.6 Å². The third kappa shape index (κ3) is 5.53. The van der Waals surface area contributed by atoms with Gasteiger partial charge in [0.25, 0.3) is 17.7 Å². The summed E-state index contributed by atoms with van der Waals surface area (Å²) in [5.41, 5.74) is 2.04. The minimum atomic E-state index is -0.555. The molecule has 3 amide bonds. The first-order valence-corrected chi connectivity index (χ1v) is 13.1. The Hall–Kier alpha value is -4.21. The SMILES string of the molecule is O=C(Nc1cccc(SC2=C(Nc3ccc(Br)cc3)C(=O)N(c3ccc(F)cc3)C2=O)c1)c1ccccc1. The lowest BCUT2D eigenvalue weighted by atomic mass is 10.2. The van der Waals surface area contributed by atoms with Gasteiger partial charge in [0.15, 0.2) is 0 Å². The standard InChI is InChI=1S/C29H19BrFN3O3S/c30-19-9-13-21(14-10-19)32-25-26(29(37)34(28(25)36)23-15-11-20(31)12-16-23)38-24-8-4-7-22(17-24)33-27(35)18-5-2-1-3-6-18/h1-17,32H,(H,33,35). The molecule has 0 aromatic heterocycles. The Balaban J connectivity index is 1.46. The second-order valence-corrected chi connectivity index (χ2v) is 10.2. The summed E-state index contributed by atoms with van der Waals surface area (Å²) in [6.45, 7) is 0. The highest BCUT2D eigenvalue weighted by Crippen LogP contribution is 2.38. The summed E-state index contributed by atoms with van der Waals surface area (Å²) in [5, 5.41) is 5.93. The number of nitrogens with one attached hydrogen (secondary N) is 2. The van der Waals surface area contributed by atoms with Gasteiger partial charge in [-0.3, -0.25) is 14.4 Å². The van der Waals surface area contributed by atoms with E-state index in [1.807, 2.05) is 18.2 Å². The van der Waals surface area contributed by atoms with Crippen molar-refractivity contribution in [1.82, 2.24) is 0 Å². The fourth-order valence-electron chi connectivity index (χ4n) is 3.76. The van der Waals surface area contributed by atoms with Gasteiger partial charge in [0.05, 0.1) is 5.69 Å². The first-order chi connectivity index (χ1) is 18.4. The Bertz CT molecular complexity index is 1560. The highest BCUT2D eigenvalue weighted by Gasteiger charge is 2.40. The first kappa shape index (κ1) is 25.4. The minimum Gasteiger partial charge on any atom is -0.350 e. The smallest absolute Gasteiger partial charge is 0.283 e. The number of anilines is 3. The highest BCUT2D eigenvalue weighted by atomic mass is 79.9. The van der Waals surface area contributed by atoms with Gasteiger partial charge in [0.2, 0.25) is 0 Å². The van der Waals surface area contributed by atoms with E-state index in [-0.39, 0.29) is 22.2 Å². The number of hydrogen-bond donors (Lipinski definition) is 2. The molecule has 0 bridgehead atoms. The van der Waals surface area contributed by atoms with Crippen molar-refractivity contribution in [2.24, 2.45) is 0 Å². The van der Waals surface area contributed by atoms with Gasteiger partial charge in [-0.1, -0.05) is 52.0 Å². The molecule has 4 aromatic carbocycles. The largest absolute Gasteiger partial charge is 0.350 e. The van der Waals surface area contributed by atoms with Crippen LogP contribution in [0.2, 0.25) is 0 Å². The molecule has 0 saturated carbocycles. The summed E-state index contributed by atoms with van der Waals surface area (Å²) < 4.78 is 14.4. The van der Waals surface area contributed by atoms with Crippen LogP contribution in [0.5, 0.6) is 0 Å². The Morgan fingerprint density at radius 1 is 0.789 bits per heavy atom. The van der Waals surface area contributed by atoms with E-state index in [1.165, 1.54) is 24.3 Å².